The molecule has 1 saturated heterocycles. The molecule has 1 aromatic carbocycles. The van der Waals surface area contributed by atoms with E-state index in [-0.39, 0.29) is 6.04 Å². The number of hydrogen-bond acceptors (Lipinski definition) is 3. The van der Waals surface area contributed by atoms with Gasteiger partial charge in [0.25, 0.3) is 0 Å². The van der Waals surface area contributed by atoms with Crippen molar-refractivity contribution in [2.75, 3.05) is 33.7 Å². The van der Waals surface area contributed by atoms with Gasteiger partial charge in [0, 0.05) is 26.1 Å². The fraction of sp³-hybridized carbons (Fsp3) is 0.562. The maximum Gasteiger partial charge on any atom is 0.155 e. The van der Waals surface area contributed by atoms with Crippen molar-refractivity contribution in [2.45, 2.75) is 26.3 Å². The van der Waals surface area contributed by atoms with Gasteiger partial charge >= 0.3 is 0 Å². The Labute approximate surface area is 116 Å². The largest absolute Gasteiger partial charge is 0.303 e. The van der Waals surface area contributed by atoms with Gasteiger partial charge in [0.05, 0.1) is 6.04 Å². The number of benzene rings is 1. The number of ketones is 1. The van der Waals surface area contributed by atoms with E-state index in [4.69, 9.17) is 0 Å². The lowest BCUT2D eigenvalue weighted by atomic mass is 9.98. The van der Waals surface area contributed by atoms with E-state index in [1.54, 1.807) is 0 Å². The van der Waals surface area contributed by atoms with Crippen molar-refractivity contribution in [2.24, 2.45) is 0 Å². The number of rotatable bonds is 3. The molecule has 19 heavy (non-hydrogen) atoms. The minimum absolute atomic E-state index is 0.0420. The van der Waals surface area contributed by atoms with Crippen LogP contribution in [0.5, 0.6) is 0 Å². The molecular formula is C16H24N2O. The average molecular weight is 260 g/mol. The predicted octanol–water partition coefficient (Wildman–Crippen LogP) is 1.66. The predicted molar refractivity (Wildman–Crippen MR) is 78.5 cm³/mol. The zero-order chi connectivity index (χ0) is 14.0. The van der Waals surface area contributed by atoms with Crippen LogP contribution in [0.2, 0.25) is 0 Å². The molecule has 0 spiro atoms. The summed E-state index contributed by atoms with van der Waals surface area (Å²) in [6, 6.07) is 6.36. The van der Waals surface area contributed by atoms with E-state index in [1.807, 2.05) is 0 Å². The van der Waals surface area contributed by atoms with E-state index >= 15 is 0 Å². The van der Waals surface area contributed by atoms with Crippen molar-refractivity contribution in [3.63, 3.8) is 0 Å². The number of Topliss-reactive ketones (excluding diaryl/α,β-unsaturated/α-hetero) is 1. The lowest BCUT2D eigenvalue weighted by molar-refractivity contribution is -0.125. The zero-order valence-electron chi connectivity index (χ0n) is 12.4. The summed E-state index contributed by atoms with van der Waals surface area (Å²) in [6.45, 7) is 7.07. The first-order valence-corrected chi connectivity index (χ1v) is 6.95. The molecule has 1 unspecified atom stereocenters. The summed E-state index contributed by atoms with van der Waals surface area (Å²) in [5.74, 6) is 0.331. The highest BCUT2D eigenvalue weighted by molar-refractivity contribution is 5.86. The highest BCUT2D eigenvalue weighted by Crippen LogP contribution is 2.14. The van der Waals surface area contributed by atoms with Gasteiger partial charge in [0.2, 0.25) is 0 Å². The summed E-state index contributed by atoms with van der Waals surface area (Å²) in [4.78, 5) is 16.9. The van der Waals surface area contributed by atoms with Crippen LogP contribution in [-0.2, 0) is 11.2 Å². The summed E-state index contributed by atoms with van der Waals surface area (Å²) in [7, 11) is 4.14. The van der Waals surface area contributed by atoms with Crippen LogP contribution in [0.25, 0.3) is 0 Å². The minimum Gasteiger partial charge on any atom is -0.303 e. The fourth-order valence-corrected chi connectivity index (χ4v) is 2.59. The van der Waals surface area contributed by atoms with Crippen molar-refractivity contribution >= 4 is 5.78 Å². The molecule has 0 aliphatic carbocycles. The number of piperazine rings is 1. The van der Waals surface area contributed by atoms with Gasteiger partial charge in [-0.05, 0) is 44.6 Å². The van der Waals surface area contributed by atoms with Gasteiger partial charge < -0.3 is 4.90 Å². The molecule has 1 fully saturated rings. The summed E-state index contributed by atoms with van der Waals surface area (Å²) < 4.78 is 0. The Balaban J connectivity index is 2.05. The van der Waals surface area contributed by atoms with Crippen molar-refractivity contribution in [1.29, 1.82) is 0 Å². The maximum absolute atomic E-state index is 12.5. The monoisotopic (exact) mass is 260 g/mol. The van der Waals surface area contributed by atoms with E-state index in [9.17, 15) is 4.79 Å². The van der Waals surface area contributed by atoms with Crippen molar-refractivity contribution < 1.29 is 4.79 Å². The Morgan fingerprint density at radius 2 is 1.95 bits per heavy atom. The smallest absolute Gasteiger partial charge is 0.155 e. The van der Waals surface area contributed by atoms with Gasteiger partial charge in [0.15, 0.2) is 5.78 Å². The van der Waals surface area contributed by atoms with Gasteiger partial charge in [-0.2, -0.15) is 0 Å². The SMILES string of the molecule is Cc1ccc(CC(=O)C2CN(C)CCN2C)cc1C. The molecule has 104 valence electrons. The normalized spacial score (nSPS) is 21.6. The molecule has 0 aromatic heterocycles. The van der Waals surface area contributed by atoms with Gasteiger partial charge in [0.1, 0.15) is 0 Å². The molecule has 3 heteroatoms. The molecular weight excluding hydrogens is 236 g/mol. The van der Waals surface area contributed by atoms with E-state index in [0.717, 1.165) is 25.2 Å². The highest BCUT2D eigenvalue weighted by Gasteiger charge is 2.28. The quantitative estimate of drug-likeness (QED) is 0.826. The lowest BCUT2D eigenvalue weighted by Crippen LogP contribution is -2.53. The minimum atomic E-state index is 0.0420. The fourth-order valence-electron chi connectivity index (χ4n) is 2.59. The number of carbonyl (C=O) groups is 1. The van der Waals surface area contributed by atoms with Gasteiger partial charge in [-0.25, -0.2) is 0 Å². The Hall–Kier alpha value is -1.19. The summed E-state index contributed by atoms with van der Waals surface area (Å²) in [5.41, 5.74) is 3.68. The van der Waals surface area contributed by atoms with Crippen molar-refractivity contribution in [3.8, 4) is 0 Å². The molecule has 1 aromatic rings. The second-order valence-electron chi connectivity index (χ2n) is 5.82. The Bertz CT molecular complexity index is 470. The first-order valence-electron chi connectivity index (χ1n) is 6.95. The first-order chi connectivity index (χ1) is 8.97. The highest BCUT2D eigenvalue weighted by atomic mass is 16.1. The summed E-state index contributed by atoms with van der Waals surface area (Å²) >= 11 is 0. The standard InChI is InChI=1S/C16H24N2O/c1-12-5-6-14(9-13(12)2)10-16(19)15-11-17(3)7-8-18(15)4/h5-6,9,15H,7-8,10-11H2,1-4H3. The molecule has 1 atom stereocenters. The summed E-state index contributed by atoms with van der Waals surface area (Å²) in [5, 5.41) is 0. The number of carbonyl (C=O) groups excluding carboxylic acids is 1. The molecule has 2 rings (SSSR count). The maximum atomic E-state index is 12.5. The molecule has 0 saturated carbocycles. The number of hydrogen-bond donors (Lipinski definition) is 0. The van der Waals surface area contributed by atoms with Crippen LogP contribution in [0.1, 0.15) is 16.7 Å². The van der Waals surface area contributed by atoms with Crippen LogP contribution in [0.4, 0.5) is 0 Å². The third-order valence-electron chi connectivity index (χ3n) is 4.17. The zero-order valence-corrected chi connectivity index (χ0v) is 12.4. The van der Waals surface area contributed by atoms with Crippen molar-refractivity contribution in [1.82, 2.24) is 9.80 Å². The van der Waals surface area contributed by atoms with E-state index < -0.39 is 0 Å². The Morgan fingerprint density at radius 1 is 1.21 bits per heavy atom. The van der Waals surface area contributed by atoms with Gasteiger partial charge in [-0.1, -0.05) is 18.2 Å². The van der Waals surface area contributed by atoms with Crippen molar-refractivity contribution in [3.05, 3.63) is 34.9 Å². The third kappa shape index (κ3) is 3.43. The van der Waals surface area contributed by atoms with E-state index in [1.165, 1.54) is 11.1 Å². The third-order valence-corrected chi connectivity index (χ3v) is 4.17. The first kappa shape index (κ1) is 14.2. The van der Waals surface area contributed by atoms with Crippen LogP contribution < -0.4 is 0 Å². The molecule has 1 aliphatic rings. The second-order valence-corrected chi connectivity index (χ2v) is 5.82. The van der Waals surface area contributed by atoms with Crippen LogP contribution in [0.15, 0.2) is 18.2 Å². The Kier molecular flexibility index (Phi) is 4.38. The number of aryl methyl sites for hydroxylation is 2. The van der Waals surface area contributed by atoms with Gasteiger partial charge in [-0.15, -0.1) is 0 Å². The molecule has 0 radical (unpaired) electrons. The van der Waals surface area contributed by atoms with Crippen LogP contribution >= 0.6 is 0 Å². The topological polar surface area (TPSA) is 23.6 Å². The van der Waals surface area contributed by atoms with Crippen LogP contribution in [0.3, 0.4) is 0 Å². The number of nitrogens with zero attached hydrogens (tertiary/aromatic N) is 2. The average Bonchev–Trinajstić information content (AvgIpc) is 2.36. The van der Waals surface area contributed by atoms with E-state index in [2.05, 4.69) is 55.9 Å². The second kappa shape index (κ2) is 5.85. The number of likely N-dealkylation sites (N-methyl/N-ethyl adjacent to an activating group) is 2. The summed E-state index contributed by atoms with van der Waals surface area (Å²) in [6.07, 6.45) is 0.546. The molecule has 1 heterocycles. The lowest BCUT2D eigenvalue weighted by Gasteiger charge is -2.36. The van der Waals surface area contributed by atoms with Gasteiger partial charge in [-0.3, -0.25) is 9.69 Å². The molecule has 3 nitrogen and oxygen atoms in total. The molecule has 0 bridgehead atoms. The molecule has 0 amide bonds. The van der Waals surface area contributed by atoms with E-state index in [0.29, 0.717) is 12.2 Å². The molecule has 1 aliphatic heterocycles. The van der Waals surface area contributed by atoms with Crippen LogP contribution in [-0.4, -0.2) is 55.4 Å². The van der Waals surface area contributed by atoms with Crippen LogP contribution in [0, 0.1) is 13.8 Å². The molecule has 0 N–H and O–H groups in total. The Morgan fingerprint density at radius 3 is 2.63 bits per heavy atom.